The smallest absolute Gasteiger partial charge is 0.319 e. The first-order valence-corrected chi connectivity index (χ1v) is 7.51. The first-order chi connectivity index (χ1) is 8.87. The molecule has 0 aromatic heterocycles. The van der Waals surface area contributed by atoms with Crippen LogP contribution in [0.25, 0.3) is 0 Å². The molecule has 0 aliphatic rings. The van der Waals surface area contributed by atoms with E-state index in [1.165, 1.54) is 18.2 Å². The molecule has 0 saturated carbocycles. The molecule has 1 aromatic carbocycles. The highest BCUT2D eigenvalue weighted by Gasteiger charge is 2.02. The maximum Gasteiger partial charge on any atom is 0.319 e. The van der Waals surface area contributed by atoms with Crippen LogP contribution in [0, 0.1) is 5.82 Å². The number of hydrogen-bond donors (Lipinski definition) is 3. The number of halogens is 1. The van der Waals surface area contributed by atoms with Gasteiger partial charge >= 0.3 is 6.03 Å². The summed E-state index contributed by atoms with van der Waals surface area (Å²) in [5.74, 6) is -0.435. The molecule has 0 heterocycles. The van der Waals surface area contributed by atoms with E-state index < -0.39 is 21.9 Å². The Bertz CT molecular complexity index is 534. The zero-order chi connectivity index (χ0) is 14.3. The number of rotatable bonds is 6. The zero-order valence-corrected chi connectivity index (χ0v) is 11.3. The van der Waals surface area contributed by atoms with Crippen molar-refractivity contribution in [1.82, 2.24) is 10.0 Å². The van der Waals surface area contributed by atoms with Crippen molar-refractivity contribution in [2.24, 2.45) is 0 Å². The van der Waals surface area contributed by atoms with Crippen LogP contribution in [0.1, 0.15) is 6.42 Å². The third kappa shape index (κ3) is 7.37. The fourth-order valence-electron chi connectivity index (χ4n) is 1.29. The Balaban J connectivity index is 2.22. The highest BCUT2D eigenvalue weighted by atomic mass is 32.2. The van der Waals surface area contributed by atoms with E-state index in [1.54, 1.807) is 6.07 Å². The van der Waals surface area contributed by atoms with Gasteiger partial charge in [0.15, 0.2) is 0 Å². The number of anilines is 1. The van der Waals surface area contributed by atoms with Gasteiger partial charge < -0.3 is 10.6 Å². The number of amides is 2. The van der Waals surface area contributed by atoms with E-state index in [0.29, 0.717) is 18.7 Å². The molecule has 8 heteroatoms. The quantitative estimate of drug-likeness (QED) is 0.680. The van der Waals surface area contributed by atoms with Crippen LogP contribution >= 0.6 is 0 Å². The van der Waals surface area contributed by atoms with E-state index in [0.717, 1.165) is 6.26 Å². The van der Waals surface area contributed by atoms with Crippen LogP contribution in [-0.2, 0) is 10.0 Å². The number of carbonyl (C=O) groups is 1. The predicted molar refractivity (Wildman–Crippen MR) is 70.9 cm³/mol. The molecular weight excluding hydrogens is 273 g/mol. The third-order valence-corrected chi connectivity index (χ3v) is 2.81. The minimum absolute atomic E-state index is 0.249. The lowest BCUT2D eigenvalue weighted by Gasteiger charge is -2.07. The fourth-order valence-corrected chi connectivity index (χ4v) is 1.80. The van der Waals surface area contributed by atoms with E-state index in [9.17, 15) is 17.6 Å². The van der Waals surface area contributed by atoms with Gasteiger partial charge in [0.05, 0.1) is 6.26 Å². The van der Waals surface area contributed by atoms with Crippen LogP contribution in [0.15, 0.2) is 24.3 Å². The lowest BCUT2D eigenvalue weighted by atomic mass is 10.3. The number of urea groups is 1. The van der Waals surface area contributed by atoms with Crippen molar-refractivity contribution < 1.29 is 17.6 Å². The van der Waals surface area contributed by atoms with Crippen molar-refractivity contribution in [2.45, 2.75) is 6.42 Å². The predicted octanol–water partition coefficient (Wildman–Crippen LogP) is 0.886. The molecule has 0 unspecified atom stereocenters. The molecule has 0 spiro atoms. The number of sulfonamides is 1. The second kappa shape index (κ2) is 7.05. The summed E-state index contributed by atoms with van der Waals surface area (Å²) in [6.45, 7) is 0.558. The SMILES string of the molecule is CS(=O)(=O)NCCCNC(=O)Nc1cccc(F)c1. The summed E-state index contributed by atoms with van der Waals surface area (Å²) in [4.78, 5) is 11.4. The minimum atomic E-state index is -3.20. The molecule has 0 saturated heterocycles. The highest BCUT2D eigenvalue weighted by Crippen LogP contribution is 2.08. The Kier molecular flexibility index (Phi) is 5.71. The maximum absolute atomic E-state index is 12.8. The van der Waals surface area contributed by atoms with Crippen LogP contribution in [0.4, 0.5) is 14.9 Å². The summed E-state index contributed by atoms with van der Waals surface area (Å²) in [6.07, 6.45) is 1.53. The van der Waals surface area contributed by atoms with Crippen LogP contribution in [0.3, 0.4) is 0 Å². The van der Waals surface area contributed by atoms with E-state index in [1.807, 2.05) is 0 Å². The average Bonchev–Trinajstić information content (AvgIpc) is 2.26. The topological polar surface area (TPSA) is 87.3 Å². The fraction of sp³-hybridized carbons (Fsp3) is 0.364. The van der Waals surface area contributed by atoms with Gasteiger partial charge in [-0.3, -0.25) is 0 Å². The average molecular weight is 289 g/mol. The van der Waals surface area contributed by atoms with Gasteiger partial charge in [0.2, 0.25) is 10.0 Å². The molecule has 0 bridgehead atoms. The molecule has 6 nitrogen and oxygen atoms in total. The van der Waals surface area contributed by atoms with E-state index in [-0.39, 0.29) is 6.54 Å². The number of benzene rings is 1. The zero-order valence-electron chi connectivity index (χ0n) is 10.4. The van der Waals surface area contributed by atoms with E-state index in [4.69, 9.17) is 0 Å². The first-order valence-electron chi connectivity index (χ1n) is 5.62. The van der Waals surface area contributed by atoms with Gasteiger partial charge in [-0.25, -0.2) is 22.3 Å². The number of hydrogen-bond acceptors (Lipinski definition) is 3. The summed E-state index contributed by atoms with van der Waals surface area (Å²) in [6, 6.07) is 5.06. The van der Waals surface area contributed by atoms with Crippen molar-refractivity contribution >= 4 is 21.7 Å². The van der Waals surface area contributed by atoms with Crippen LogP contribution in [0.2, 0.25) is 0 Å². The second-order valence-electron chi connectivity index (χ2n) is 3.91. The molecule has 19 heavy (non-hydrogen) atoms. The largest absolute Gasteiger partial charge is 0.338 e. The molecule has 3 N–H and O–H groups in total. The van der Waals surface area contributed by atoms with E-state index in [2.05, 4.69) is 15.4 Å². The van der Waals surface area contributed by atoms with Gasteiger partial charge in [-0.05, 0) is 24.6 Å². The molecule has 1 rings (SSSR count). The van der Waals surface area contributed by atoms with Gasteiger partial charge in [-0.15, -0.1) is 0 Å². The monoisotopic (exact) mass is 289 g/mol. The van der Waals surface area contributed by atoms with Gasteiger partial charge in [0.1, 0.15) is 5.82 Å². The third-order valence-electron chi connectivity index (χ3n) is 2.09. The lowest BCUT2D eigenvalue weighted by molar-refractivity contribution is 0.252. The molecule has 0 fully saturated rings. The summed E-state index contributed by atoms with van der Waals surface area (Å²) in [5.41, 5.74) is 0.353. The Hall–Kier alpha value is -1.67. The number of nitrogens with one attached hydrogen (secondary N) is 3. The van der Waals surface area contributed by atoms with Gasteiger partial charge in [-0.2, -0.15) is 0 Å². The van der Waals surface area contributed by atoms with Crippen molar-refractivity contribution in [2.75, 3.05) is 24.7 Å². The summed E-state index contributed by atoms with van der Waals surface area (Å²) in [5, 5.41) is 4.99. The van der Waals surface area contributed by atoms with Gasteiger partial charge in [0, 0.05) is 18.8 Å². The molecule has 2 amide bonds. The maximum atomic E-state index is 12.8. The van der Waals surface area contributed by atoms with Crippen molar-refractivity contribution in [3.05, 3.63) is 30.1 Å². The molecule has 0 aliphatic carbocycles. The molecular formula is C11H16FN3O3S. The van der Waals surface area contributed by atoms with Crippen LogP contribution in [0.5, 0.6) is 0 Å². The van der Waals surface area contributed by atoms with Crippen molar-refractivity contribution in [3.63, 3.8) is 0 Å². The molecule has 1 aromatic rings. The second-order valence-corrected chi connectivity index (χ2v) is 5.74. The molecule has 106 valence electrons. The Morgan fingerprint density at radius 3 is 2.68 bits per heavy atom. The van der Waals surface area contributed by atoms with Crippen LogP contribution < -0.4 is 15.4 Å². The summed E-state index contributed by atoms with van der Waals surface area (Å²) in [7, 11) is -3.20. The van der Waals surface area contributed by atoms with Crippen molar-refractivity contribution in [1.29, 1.82) is 0 Å². The molecule has 0 atom stereocenters. The highest BCUT2D eigenvalue weighted by molar-refractivity contribution is 7.88. The van der Waals surface area contributed by atoms with Crippen LogP contribution in [-0.4, -0.2) is 33.8 Å². The first kappa shape index (κ1) is 15.4. The van der Waals surface area contributed by atoms with E-state index >= 15 is 0 Å². The Morgan fingerprint density at radius 2 is 2.05 bits per heavy atom. The summed E-state index contributed by atoms with van der Waals surface area (Å²) >= 11 is 0. The van der Waals surface area contributed by atoms with Crippen molar-refractivity contribution in [3.8, 4) is 0 Å². The minimum Gasteiger partial charge on any atom is -0.338 e. The standard InChI is InChI=1S/C11H16FN3O3S/c1-19(17,18)14-7-3-6-13-11(16)15-10-5-2-4-9(12)8-10/h2,4-5,8,14H,3,6-7H2,1H3,(H2,13,15,16). The van der Waals surface area contributed by atoms with Gasteiger partial charge in [0.25, 0.3) is 0 Å². The van der Waals surface area contributed by atoms with Gasteiger partial charge in [-0.1, -0.05) is 6.07 Å². The Labute approximate surface area is 111 Å². The molecule has 0 radical (unpaired) electrons. The Morgan fingerprint density at radius 1 is 1.32 bits per heavy atom. The lowest BCUT2D eigenvalue weighted by Crippen LogP contribution is -2.32. The normalized spacial score (nSPS) is 11.1. The number of carbonyl (C=O) groups excluding carboxylic acids is 1. The molecule has 0 aliphatic heterocycles. The summed E-state index contributed by atoms with van der Waals surface area (Å²) < 4.78 is 36.7.